The summed E-state index contributed by atoms with van der Waals surface area (Å²) in [7, 11) is 0. The molecule has 0 radical (unpaired) electrons. The Labute approximate surface area is 181 Å². The van der Waals surface area contributed by atoms with E-state index in [1.54, 1.807) is 30.6 Å². The molecule has 0 saturated heterocycles. The summed E-state index contributed by atoms with van der Waals surface area (Å²) in [6.45, 7) is 0. The van der Waals surface area contributed by atoms with Crippen molar-refractivity contribution in [1.82, 2.24) is 4.98 Å². The number of anilines is 1. The zero-order valence-electron chi connectivity index (χ0n) is 16.2. The summed E-state index contributed by atoms with van der Waals surface area (Å²) in [5, 5.41) is 10.2. The molecular formula is C23H18N4O3S. The highest BCUT2D eigenvalue weighted by atomic mass is 32.1. The molecule has 0 amide bonds. The number of pyridine rings is 1. The third-order valence-electron chi connectivity index (χ3n) is 5.82. The number of carboxylic acid groups (broad SMARTS) is 1. The number of carboxylic acids is 1. The van der Waals surface area contributed by atoms with Crippen molar-refractivity contribution in [3.05, 3.63) is 82.5 Å². The number of nitrogens with zero attached hydrogens (tertiary/aromatic N) is 1. The van der Waals surface area contributed by atoms with Crippen molar-refractivity contribution in [3.8, 4) is 11.1 Å². The van der Waals surface area contributed by atoms with Crippen molar-refractivity contribution in [2.24, 2.45) is 11.5 Å². The quantitative estimate of drug-likeness (QED) is 0.365. The van der Waals surface area contributed by atoms with E-state index in [1.165, 1.54) is 0 Å². The highest BCUT2D eigenvalue weighted by molar-refractivity contribution is 7.21. The molecule has 5 rings (SSSR count). The minimum Gasteiger partial charge on any atom is -0.477 e. The molecule has 2 atom stereocenters. The molecule has 0 aliphatic heterocycles. The molecule has 1 aliphatic carbocycles. The minimum atomic E-state index is -1.55. The van der Waals surface area contributed by atoms with Crippen molar-refractivity contribution >= 4 is 38.9 Å². The number of ketones is 1. The molecule has 8 heteroatoms. The summed E-state index contributed by atoms with van der Waals surface area (Å²) in [5.74, 6) is -1.61. The van der Waals surface area contributed by atoms with E-state index >= 15 is 0 Å². The second-order valence-electron chi connectivity index (χ2n) is 7.53. The van der Waals surface area contributed by atoms with E-state index in [0.29, 0.717) is 26.9 Å². The molecule has 2 aromatic heterocycles. The predicted octanol–water partition coefficient (Wildman–Crippen LogP) is 3.03. The number of nitrogens with two attached hydrogens (primary N) is 3. The van der Waals surface area contributed by atoms with Crippen LogP contribution >= 0.6 is 11.3 Å². The summed E-state index contributed by atoms with van der Waals surface area (Å²) in [5.41, 5.74) is 21.2. The lowest BCUT2D eigenvalue weighted by Gasteiger charge is -2.36. The highest BCUT2D eigenvalue weighted by Crippen LogP contribution is 2.49. The first-order chi connectivity index (χ1) is 14.8. The van der Waals surface area contributed by atoms with Gasteiger partial charge in [-0.05, 0) is 40.5 Å². The van der Waals surface area contributed by atoms with Crippen LogP contribution in [0.5, 0.6) is 0 Å². The van der Waals surface area contributed by atoms with Crippen molar-refractivity contribution < 1.29 is 14.7 Å². The fourth-order valence-electron chi connectivity index (χ4n) is 4.32. The van der Waals surface area contributed by atoms with Gasteiger partial charge in [0.15, 0.2) is 5.78 Å². The first-order valence-electron chi connectivity index (χ1n) is 9.52. The second-order valence-corrected chi connectivity index (χ2v) is 8.55. The van der Waals surface area contributed by atoms with Gasteiger partial charge < -0.3 is 22.3 Å². The van der Waals surface area contributed by atoms with Crippen LogP contribution in [0.25, 0.3) is 21.2 Å². The Morgan fingerprint density at radius 3 is 2.61 bits per heavy atom. The van der Waals surface area contributed by atoms with Crippen LogP contribution in [0.4, 0.5) is 5.69 Å². The van der Waals surface area contributed by atoms with Crippen LogP contribution < -0.4 is 17.2 Å². The third kappa shape index (κ3) is 2.63. The molecule has 154 valence electrons. The number of aromatic carboxylic acids is 1. The van der Waals surface area contributed by atoms with Gasteiger partial charge in [-0.25, -0.2) is 4.79 Å². The van der Waals surface area contributed by atoms with E-state index in [2.05, 4.69) is 4.98 Å². The number of benzene rings is 2. The van der Waals surface area contributed by atoms with Gasteiger partial charge in [-0.15, -0.1) is 11.3 Å². The maximum absolute atomic E-state index is 13.6. The highest BCUT2D eigenvalue weighted by Gasteiger charge is 2.48. The van der Waals surface area contributed by atoms with Crippen LogP contribution in [0.1, 0.15) is 32.4 Å². The molecule has 0 spiro atoms. The van der Waals surface area contributed by atoms with Gasteiger partial charge in [-0.2, -0.15) is 0 Å². The van der Waals surface area contributed by atoms with E-state index in [-0.39, 0.29) is 10.4 Å². The number of Topliss-reactive ketones (excluding diaryl/α,β-unsaturated/α-hetero) is 1. The second kappa shape index (κ2) is 6.71. The molecule has 0 bridgehead atoms. The Hall–Kier alpha value is -3.59. The average molecular weight is 430 g/mol. The molecule has 31 heavy (non-hydrogen) atoms. The van der Waals surface area contributed by atoms with Gasteiger partial charge in [0.1, 0.15) is 10.4 Å². The standard InChI is InChI=1S/C23H18N4O3S/c24-15-7-6-14-16-17(20(22(29)30)31-19(15)16)18(25)21(28)23(14,26)13-5-1-3-11(9-13)12-4-2-8-27-10-12/h1-10,18H,24-26H2,(H,29,30). The van der Waals surface area contributed by atoms with Crippen molar-refractivity contribution in [1.29, 1.82) is 0 Å². The summed E-state index contributed by atoms with van der Waals surface area (Å²) >= 11 is 1.02. The Morgan fingerprint density at radius 1 is 1.13 bits per heavy atom. The molecule has 2 aromatic carbocycles. The van der Waals surface area contributed by atoms with Gasteiger partial charge in [-0.1, -0.05) is 30.3 Å². The van der Waals surface area contributed by atoms with Crippen LogP contribution in [0.2, 0.25) is 0 Å². The average Bonchev–Trinajstić information content (AvgIpc) is 3.20. The normalized spacial score (nSPS) is 20.2. The molecule has 4 aromatic rings. The molecule has 0 fully saturated rings. The smallest absolute Gasteiger partial charge is 0.346 e. The third-order valence-corrected chi connectivity index (χ3v) is 7.06. The number of hydrogen-bond donors (Lipinski definition) is 4. The van der Waals surface area contributed by atoms with Crippen molar-refractivity contribution in [2.45, 2.75) is 11.6 Å². The van der Waals surface area contributed by atoms with E-state index in [1.807, 2.05) is 30.3 Å². The maximum atomic E-state index is 13.6. The summed E-state index contributed by atoms with van der Waals surface area (Å²) in [6.07, 6.45) is 3.42. The SMILES string of the molecule is Nc1ccc2c3c(c(C(=O)O)sc13)C(N)C(=O)C2(N)c1cccc(-c2cccnc2)c1. The largest absolute Gasteiger partial charge is 0.477 e. The number of nitrogen functional groups attached to an aromatic ring is 1. The van der Waals surface area contributed by atoms with E-state index < -0.39 is 23.3 Å². The predicted molar refractivity (Wildman–Crippen MR) is 120 cm³/mol. The van der Waals surface area contributed by atoms with Crippen LogP contribution in [0, 0.1) is 0 Å². The summed E-state index contributed by atoms with van der Waals surface area (Å²) in [6, 6.07) is 13.3. The van der Waals surface area contributed by atoms with Gasteiger partial charge in [-0.3, -0.25) is 9.78 Å². The molecule has 2 unspecified atom stereocenters. The zero-order valence-corrected chi connectivity index (χ0v) is 17.0. The Bertz CT molecular complexity index is 1380. The number of carbonyl (C=O) groups excluding carboxylic acids is 1. The number of hydrogen-bond acceptors (Lipinski definition) is 7. The molecule has 7 N–H and O–H groups in total. The lowest BCUT2D eigenvalue weighted by Crippen LogP contribution is -2.52. The van der Waals surface area contributed by atoms with Gasteiger partial charge in [0.25, 0.3) is 0 Å². The molecule has 1 aliphatic rings. The summed E-state index contributed by atoms with van der Waals surface area (Å²) in [4.78, 5) is 29.6. The minimum absolute atomic E-state index is 0.0150. The molecule has 7 nitrogen and oxygen atoms in total. The van der Waals surface area contributed by atoms with E-state index in [9.17, 15) is 14.7 Å². The maximum Gasteiger partial charge on any atom is 0.346 e. The molecule has 0 saturated carbocycles. The first-order valence-corrected chi connectivity index (χ1v) is 10.3. The van der Waals surface area contributed by atoms with Crippen LogP contribution in [-0.2, 0) is 10.3 Å². The fraction of sp³-hybridized carbons (Fsp3) is 0.0870. The number of aromatic nitrogens is 1. The van der Waals surface area contributed by atoms with Gasteiger partial charge in [0.05, 0.1) is 10.7 Å². The van der Waals surface area contributed by atoms with Gasteiger partial charge >= 0.3 is 5.97 Å². The molecular weight excluding hydrogens is 412 g/mol. The summed E-state index contributed by atoms with van der Waals surface area (Å²) < 4.78 is 0.575. The number of rotatable bonds is 3. The van der Waals surface area contributed by atoms with Crippen molar-refractivity contribution in [3.63, 3.8) is 0 Å². The van der Waals surface area contributed by atoms with E-state index in [0.717, 1.165) is 22.5 Å². The Morgan fingerprint density at radius 2 is 1.90 bits per heavy atom. The van der Waals surface area contributed by atoms with Gasteiger partial charge in [0, 0.05) is 29.0 Å². The number of carbonyl (C=O) groups is 2. The lowest BCUT2D eigenvalue weighted by molar-refractivity contribution is -0.124. The lowest BCUT2D eigenvalue weighted by atomic mass is 9.70. The topological polar surface area (TPSA) is 145 Å². The Kier molecular flexibility index (Phi) is 4.19. The first kappa shape index (κ1) is 19.4. The van der Waals surface area contributed by atoms with Crippen molar-refractivity contribution in [2.75, 3.05) is 5.73 Å². The Balaban J connectivity index is 1.81. The molecule has 2 heterocycles. The number of thiophene rings is 1. The zero-order chi connectivity index (χ0) is 21.9. The van der Waals surface area contributed by atoms with Crippen LogP contribution in [0.15, 0.2) is 60.9 Å². The van der Waals surface area contributed by atoms with Crippen LogP contribution in [0.3, 0.4) is 0 Å². The monoisotopic (exact) mass is 430 g/mol. The fourth-order valence-corrected chi connectivity index (χ4v) is 5.45. The van der Waals surface area contributed by atoms with Gasteiger partial charge in [0.2, 0.25) is 0 Å². The van der Waals surface area contributed by atoms with E-state index in [4.69, 9.17) is 17.2 Å². The van der Waals surface area contributed by atoms with Crippen LogP contribution in [-0.4, -0.2) is 21.8 Å².